The summed E-state index contributed by atoms with van der Waals surface area (Å²) >= 11 is 0. The second kappa shape index (κ2) is 6.47. The number of ether oxygens (including phenoxy) is 1. The van der Waals surface area contributed by atoms with Gasteiger partial charge in [-0.05, 0) is 38.0 Å². The standard InChI is InChI=1S/C18H21N3O3/c1-11-15(8-12-4-7-14(24-3)9-16(12)19-11)18(23)21(2)10-17(22)20-13-5-6-13/h4,7-9,13H,5-6,10H2,1-3H3,(H,20,22). The van der Waals surface area contributed by atoms with Gasteiger partial charge in [-0.3, -0.25) is 14.6 Å². The van der Waals surface area contributed by atoms with E-state index in [1.807, 2.05) is 24.3 Å². The molecule has 1 saturated carbocycles. The van der Waals surface area contributed by atoms with E-state index in [0.717, 1.165) is 29.5 Å². The van der Waals surface area contributed by atoms with E-state index in [-0.39, 0.29) is 18.4 Å². The summed E-state index contributed by atoms with van der Waals surface area (Å²) in [5.74, 6) is 0.399. The summed E-state index contributed by atoms with van der Waals surface area (Å²) < 4.78 is 5.20. The Morgan fingerprint density at radius 2 is 2.08 bits per heavy atom. The van der Waals surface area contributed by atoms with E-state index in [0.29, 0.717) is 17.3 Å². The first-order chi connectivity index (χ1) is 11.5. The Labute approximate surface area is 140 Å². The fourth-order valence-corrected chi connectivity index (χ4v) is 2.58. The monoisotopic (exact) mass is 327 g/mol. The topological polar surface area (TPSA) is 71.5 Å². The molecule has 126 valence electrons. The molecule has 6 nitrogen and oxygen atoms in total. The van der Waals surface area contributed by atoms with E-state index in [1.54, 1.807) is 21.1 Å². The minimum atomic E-state index is -0.205. The average molecular weight is 327 g/mol. The van der Waals surface area contributed by atoms with Gasteiger partial charge in [0, 0.05) is 24.5 Å². The van der Waals surface area contributed by atoms with Crippen LogP contribution in [0.5, 0.6) is 5.75 Å². The molecule has 1 aliphatic rings. The number of hydrogen-bond donors (Lipinski definition) is 1. The molecule has 0 spiro atoms. The maximum Gasteiger partial charge on any atom is 0.255 e. The van der Waals surface area contributed by atoms with Crippen molar-refractivity contribution in [2.45, 2.75) is 25.8 Å². The highest BCUT2D eigenvalue weighted by molar-refractivity contribution is 6.00. The Bertz CT molecular complexity index is 799. The zero-order chi connectivity index (χ0) is 17.3. The lowest BCUT2D eigenvalue weighted by atomic mass is 10.1. The second-order valence-electron chi connectivity index (χ2n) is 6.18. The molecule has 1 aromatic heterocycles. The predicted molar refractivity (Wildman–Crippen MR) is 91.2 cm³/mol. The molecule has 0 atom stereocenters. The third-order valence-electron chi connectivity index (χ3n) is 4.12. The molecule has 0 aliphatic heterocycles. The van der Waals surface area contributed by atoms with Gasteiger partial charge in [0.1, 0.15) is 5.75 Å². The Kier molecular flexibility index (Phi) is 4.38. The van der Waals surface area contributed by atoms with Crippen LogP contribution in [0, 0.1) is 6.92 Å². The quantitative estimate of drug-likeness (QED) is 0.910. The van der Waals surface area contributed by atoms with Crippen LogP contribution in [0.4, 0.5) is 0 Å². The van der Waals surface area contributed by atoms with Crippen molar-refractivity contribution < 1.29 is 14.3 Å². The minimum Gasteiger partial charge on any atom is -0.497 e. The molecule has 24 heavy (non-hydrogen) atoms. The molecule has 3 rings (SSSR count). The Morgan fingerprint density at radius 3 is 2.75 bits per heavy atom. The number of nitrogens with zero attached hydrogens (tertiary/aromatic N) is 2. The molecule has 0 radical (unpaired) electrons. The fourth-order valence-electron chi connectivity index (χ4n) is 2.58. The number of carbonyl (C=O) groups excluding carboxylic acids is 2. The highest BCUT2D eigenvalue weighted by Crippen LogP contribution is 2.22. The molecule has 1 aliphatic carbocycles. The third kappa shape index (κ3) is 3.48. The number of aryl methyl sites for hydroxylation is 1. The number of rotatable bonds is 5. The normalized spacial score (nSPS) is 13.6. The maximum atomic E-state index is 12.7. The summed E-state index contributed by atoms with van der Waals surface area (Å²) in [6.07, 6.45) is 2.06. The van der Waals surface area contributed by atoms with Crippen molar-refractivity contribution in [3.63, 3.8) is 0 Å². The Morgan fingerprint density at radius 1 is 1.33 bits per heavy atom. The molecule has 0 unspecified atom stereocenters. The Balaban J connectivity index is 1.80. The summed E-state index contributed by atoms with van der Waals surface area (Å²) in [6, 6.07) is 7.65. The van der Waals surface area contributed by atoms with Crippen LogP contribution in [-0.2, 0) is 4.79 Å². The highest BCUT2D eigenvalue weighted by atomic mass is 16.5. The van der Waals surface area contributed by atoms with Gasteiger partial charge in [-0.2, -0.15) is 0 Å². The van der Waals surface area contributed by atoms with Crippen molar-refractivity contribution in [1.82, 2.24) is 15.2 Å². The number of likely N-dealkylation sites (N-methyl/N-ethyl adjacent to an activating group) is 1. The van der Waals surface area contributed by atoms with E-state index in [9.17, 15) is 9.59 Å². The predicted octanol–water partition coefficient (Wildman–Crippen LogP) is 1.90. The molecule has 0 saturated heterocycles. The number of fused-ring (bicyclic) bond motifs is 1. The van der Waals surface area contributed by atoms with Crippen LogP contribution in [0.15, 0.2) is 24.3 Å². The van der Waals surface area contributed by atoms with E-state index in [2.05, 4.69) is 10.3 Å². The number of methoxy groups -OCH3 is 1. The van der Waals surface area contributed by atoms with Crippen LogP contribution in [0.1, 0.15) is 28.9 Å². The maximum absolute atomic E-state index is 12.7. The molecule has 2 aromatic rings. The van der Waals surface area contributed by atoms with Crippen LogP contribution in [0.25, 0.3) is 10.9 Å². The lowest BCUT2D eigenvalue weighted by Gasteiger charge is -2.18. The van der Waals surface area contributed by atoms with Crippen molar-refractivity contribution in [1.29, 1.82) is 0 Å². The number of aromatic nitrogens is 1. The first-order valence-electron chi connectivity index (χ1n) is 7.98. The van der Waals surface area contributed by atoms with Crippen LogP contribution in [-0.4, -0.2) is 48.4 Å². The second-order valence-corrected chi connectivity index (χ2v) is 6.18. The first-order valence-corrected chi connectivity index (χ1v) is 7.98. The van der Waals surface area contributed by atoms with Gasteiger partial charge in [-0.15, -0.1) is 0 Å². The number of pyridine rings is 1. The SMILES string of the molecule is COc1ccc2cc(C(=O)N(C)CC(=O)NC3CC3)c(C)nc2c1. The highest BCUT2D eigenvalue weighted by Gasteiger charge is 2.25. The van der Waals surface area contributed by atoms with Crippen LogP contribution in [0.2, 0.25) is 0 Å². The summed E-state index contributed by atoms with van der Waals surface area (Å²) in [4.78, 5) is 30.4. The lowest BCUT2D eigenvalue weighted by molar-refractivity contribution is -0.121. The molecule has 0 bridgehead atoms. The molecule has 1 heterocycles. The molecule has 1 aromatic carbocycles. The van der Waals surface area contributed by atoms with Gasteiger partial charge < -0.3 is 15.0 Å². The van der Waals surface area contributed by atoms with Crippen molar-refractivity contribution in [3.8, 4) is 5.75 Å². The number of carbonyl (C=O) groups is 2. The van der Waals surface area contributed by atoms with Gasteiger partial charge in [0.25, 0.3) is 5.91 Å². The molecular weight excluding hydrogens is 306 g/mol. The van der Waals surface area contributed by atoms with E-state index < -0.39 is 0 Å². The van der Waals surface area contributed by atoms with Crippen molar-refractivity contribution >= 4 is 22.7 Å². The van der Waals surface area contributed by atoms with Gasteiger partial charge in [-0.25, -0.2) is 0 Å². The van der Waals surface area contributed by atoms with Gasteiger partial charge in [0.05, 0.1) is 30.4 Å². The number of hydrogen-bond acceptors (Lipinski definition) is 4. The summed E-state index contributed by atoms with van der Waals surface area (Å²) in [7, 11) is 3.24. The number of benzene rings is 1. The molecular formula is C18H21N3O3. The third-order valence-corrected chi connectivity index (χ3v) is 4.12. The fraction of sp³-hybridized carbons (Fsp3) is 0.389. The van der Waals surface area contributed by atoms with Crippen molar-refractivity contribution in [2.75, 3.05) is 20.7 Å². The Hall–Kier alpha value is -2.63. The zero-order valence-electron chi connectivity index (χ0n) is 14.1. The zero-order valence-corrected chi connectivity index (χ0v) is 14.1. The first kappa shape index (κ1) is 16.2. The van der Waals surface area contributed by atoms with Crippen molar-refractivity contribution in [2.24, 2.45) is 0 Å². The van der Waals surface area contributed by atoms with Crippen molar-refractivity contribution in [3.05, 3.63) is 35.5 Å². The molecule has 1 fully saturated rings. The summed E-state index contributed by atoms with van der Waals surface area (Å²) in [5, 5.41) is 3.75. The molecule has 2 amide bonds. The van der Waals surface area contributed by atoms with E-state index in [4.69, 9.17) is 4.74 Å². The molecule has 1 N–H and O–H groups in total. The molecule has 6 heteroatoms. The van der Waals surface area contributed by atoms with Gasteiger partial charge in [0.2, 0.25) is 5.91 Å². The largest absolute Gasteiger partial charge is 0.497 e. The lowest BCUT2D eigenvalue weighted by Crippen LogP contribution is -2.39. The summed E-state index contributed by atoms with van der Waals surface area (Å²) in [6.45, 7) is 1.85. The van der Waals surface area contributed by atoms with E-state index in [1.165, 1.54) is 4.90 Å². The van der Waals surface area contributed by atoms with Gasteiger partial charge >= 0.3 is 0 Å². The van der Waals surface area contributed by atoms with Gasteiger partial charge in [-0.1, -0.05) is 0 Å². The van der Waals surface area contributed by atoms with Crippen LogP contribution >= 0.6 is 0 Å². The van der Waals surface area contributed by atoms with E-state index >= 15 is 0 Å². The van der Waals surface area contributed by atoms with Crippen LogP contribution < -0.4 is 10.1 Å². The summed E-state index contributed by atoms with van der Waals surface area (Å²) in [5.41, 5.74) is 1.92. The minimum absolute atomic E-state index is 0.0510. The van der Waals surface area contributed by atoms with Crippen LogP contribution in [0.3, 0.4) is 0 Å². The number of amides is 2. The average Bonchev–Trinajstić information content (AvgIpc) is 3.36. The number of nitrogens with one attached hydrogen (secondary N) is 1. The van der Waals surface area contributed by atoms with Gasteiger partial charge in [0.15, 0.2) is 0 Å². The smallest absolute Gasteiger partial charge is 0.255 e.